The van der Waals surface area contributed by atoms with Gasteiger partial charge in [-0.3, -0.25) is 0 Å². The second kappa shape index (κ2) is 7.96. The average molecular weight is 393 g/mol. The first kappa shape index (κ1) is 20.7. The maximum absolute atomic E-state index is 13.0. The fourth-order valence-electron chi connectivity index (χ4n) is 3.04. The normalized spacial score (nSPS) is 22.2. The molecule has 0 amide bonds. The van der Waals surface area contributed by atoms with E-state index in [4.69, 9.17) is 0 Å². The number of halogens is 3. The molecule has 5 nitrogen and oxygen atoms in total. The molecule has 1 aromatic carbocycles. The molecule has 0 bridgehead atoms. The van der Waals surface area contributed by atoms with Gasteiger partial charge in [-0.1, -0.05) is 31.0 Å². The van der Waals surface area contributed by atoms with Crippen molar-refractivity contribution in [1.82, 2.24) is 4.31 Å². The third-order valence-corrected chi connectivity index (χ3v) is 6.30. The van der Waals surface area contributed by atoms with E-state index in [1.165, 1.54) is 16.4 Å². The number of carbonyl (C=O) groups excluding carboxylic acids is 1. The lowest BCUT2D eigenvalue weighted by atomic mass is 9.99. The Hall–Kier alpha value is -1.61. The van der Waals surface area contributed by atoms with Gasteiger partial charge in [0.1, 0.15) is 6.10 Å². The number of carbonyl (C=O) groups is 1. The zero-order valence-corrected chi connectivity index (χ0v) is 15.4. The number of alkyl halides is 3. The van der Waals surface area contributed by atoms with Crippen LogP contribution in [0.15, 0.2) is 29.2 Å². The van der Waals surface area contributed by atoms with E-state index < -0.39 is 28.3 Å². The largest absolute Gasteiger partial charge is 0.490 e. The summed E-state index contributed by atoms with van der Waals surface area (Å²) >= 11 is 0. The van der Waals surface area contributed by atoms with Crippen molar-refractivity contribution in [2.24, 2.45) is 0 Å². The second-order valence-corrected chi connectivity index (χ2v) is 8.32. The Balaban J connectivity index is 2.25. The predicted molar refractivity (Wildman–Crippen MR) is 88.9 cm³/mol. The highest BCUT2D eigenvalue weighted by atomic mass is 32.2. The quantitative estimate of drug-likeness (QED) is 0.719. The van der Waals surface area contributed by atoms with E-state index in [2.05, 4.69) is 4.74 Å². The zero-order chi connectivity index (χ0) is 19.5. The minimum Gasteiger partial charge on any atom is -0.454 e. The van der Waals surface area contributed by atoms with Gasteiger partial charge in [0, 0.05) is 6.04 Å². The number of hydrogen-bond acceptors (Lipinski definition) is 4. The maximum Gasteiger partial charge on any atom is 0.490 e. The minimum absolute atomic E-state index is 0.0759. The first-order valence-electron chi connectivity index (χ1n) is 8.42. The number of nitrogens with zero attached hydrogens (tertiary/aromatic N) is 1. The smallest absolute Gasteiger partial charge is 0.454 e. The first-order chi connectivity index (χ1) is 12.1. The van der Waals surface area contributed by atoms with Crippen molar-refractivity contribution in [3.63, 3.8) is 0 Å². The van der Waals surface area contributed by atoms with Gasteiger partial charge in [0.05, 0.1) is 11.4 Å². The van der Waals surface area contributed by atoms with E-state index in [1.54, 1.807) is 12.1 Å². The standard InChI is InChI=1S/C17H22F3NO4S/c1-3-4-13-7-8-14(25-16(22)17(18,19)20)11-21(13)26(23,24)15-9-5-12(2)6-10-15/h5-6,9-10,13-14H,3-4,7-8,11H2,1-2H3/t13-,14-/m1/s1. The van der Waals surface area contributed by atoms with Crippen molar-refractivity contribution in [2.75, 3.05) is 6.54 Å². The molecule has 2 rings (SSSR count). The number of aryl methyl sites for hydroxylation is 1. The van der Waals surface area contributed by atoms with Gasteiger partial charge in [0.15, 0.2) is 0 Å². The molecule has 1 fully saturated rings. The van der Waals surface area contributed by atoms with Crippen molar-refractivity contribution < 1.29 is 31.1 Å². The van der Waals surface area contributed by atoms with Gasteiger partial charge in [0.25, 0.3) is 0 Å². The molecule has 2 atom stereocenters. The highest BCUT2D eigenvalue weighted by Gasteiger charge is 2.44. The number of hydrogen-bond donors (Lipinski definition) is 0. The van der Waals surface area contributed by atoms with Gasteiger partial charge in [-0.2, -0.15) is 17.5 Å². The summed E-state index contributed by atoms with van der Waals surface area (Å²) < 4.78 is 68.9. The molecule has 1 heterocycles. The molecule has 1 aliphatic heterocycles. The SMILES string of the molecule is CCC[C@@H]1CC[C@@H](OC(=O)C(F)(F)F)CN1S(=O)(=O)c1ccc(C)cc1. The highest BCUT2D eigenvalue weighted by Crippen LogP contribution is 2.30. The van der Waals surface area contributed by atoms with Crippen LogP contribution in [-0.2, 0) is 19.6 Å². The molecule has 0 aliphatic carbocycles. The summed E-state index contributed by atoms with van der Waals surface area (Å²) in [6.07, 6.45) is -4.34. The van der Waals surface area contributed by atoms with Crippen LogP contribution in [0.4, 0.5) is 13.2 Å². The molecule has 26 heavy (non-hydrogen) atoms. The second-order valence-electron chi connectivity index (χ2n) is 6.43. The first-order valence-corrected chi connectivity index (χ1v) is 9.86. The summed E-state index contributed by atoms with van der Waals surface area (Å²) in [5.74, 6) is -2.29. The Morgan fingerprint density at radius 3 is 2.38 bits per heavy atom. The van der Waals surface area contributed by atoms with Crippen LogP contribution in [0.3, 0.4) is 0 Å². The number of benzene rings is 1. The van der Waals surface area contributed by atoms with E-state index in [1.807, 2.05) is 13.8 Å². The van der Waals surface area contributed by atoms with E-state index in [-0.39, 0.29) is 23.9 Å². The lowest BCUT2D eigenvalue weighted by Gasteiger charge is -2.38. The summed E-state index contributed by atoms with van der Waals surface area (Å²) in [5.41, 5.74) is 0.893. The zero-order valence-electron chi connectivity index (χ0n) is 14.6. The van der Waals surface area contributed by atoms with E-state index >= 15 is 0 Å². The topological polar surface area (TPSA) is 63.7 Å². The van der Waals surface area contributed by atoms with Gasteiger partial charge in [-0.15, -0.1) is 0 Å². The van der Waals surface area contributed by atoms with Crippen LogP contribution in [0, 0.1) is 6.92 Å². The number of rotatable bonds is 5. The fraction of sp³-hybridized carbons (Fsp3) is 0.588. The van der Waals surface area contributed by atoms with E-state index in [0.29, 0.717) is 12.8 Å². The Morgan fingerprint density at radius 2 is 1.85 bits per heavy atom. The Morgan fingerprint density at radius 1 is 1.23 bits per heavy atom. The van der Waals surface area contributed by atoms with Gasteiger partial charge in [-0.05, 0) is 38.3 Å². The molecule has 0 unspecified atom stereocenters. The molecule has 0 radical (unpaired) electrons. The van der Waals surface area contributed by atoms with Gasteiger partial charge >= 0.3 is 12.1 Å². The lowest BCUT2D eigenvalue weighted by molar-refractivity contribution is -0.206. The van der Waals surface area contributed by atoms with Gasteiger partial charge < -0.3 is 4.74 Å². The van der Waals surface area contributed by atoms with Crippen LogP contribution in [0.5, 0.6) is 0 Å². The molecule has 146 valence electrons. The van der Waals surface area contributed by atoms with Crippen LogP contribution in [0.1, 0.15) is 38.2 Å². The van der Waals surface area contributed by atoms with Crippen molar-refractivity contribution in [2.45, 2.75) is 62.7 Å². The molecule has 0 spiro atoms. The molecular weight excluding hydrogens is 371 g/mol. The monoisotopic (exact) mass is 393 g/mol. The average Bonchev–Trinajstić information content (AvgIpc) is 2.56. The molecule has 0 N–H and O–H groups in total. The van der Waals surface area contributed by atoms with Crippen LogP contribution in [0.2, 0.25) is 0 Å². The Kier molecular flexibility index (Phi) is 6.33. The third kappa shape index (κ3) is 4.76. The number of ether oxygens (including phenoxy) is 1. The molecular formula is C17H22F3NO4S. The summed E-state index contributed by atoms with van der Waals surface area (Å²) in [6, 6.07) is 5.93. The van der Waals surface area contributed by atoms with E-state index in [0.717, 1.165) is 12.0 Å². The van der Waals surface area contributed by atoms with Gasteiger partial charge in [-0.25, -0.2) is 13.2 Å². The molecule has 0 saturated carbocycles. The van der Waals surface area contributed by atoms with Gasteiger partial charge in [0.2, 0.25) is 10.0 Å². The summed E-state index contributed by atoms with van der Waals surface area (Å²) in [6.45, 7) is 3.46. The minimum atomic E-state index is -5.10. The summed E-state index contributed by atoms with van der Waals surface area (Å²) in [4.78, 5) is 11.2. The lowest BCUT2D eigenvalue weighted by Crippen LogP contribution is -2.50. The van der Waals surface area contributed by atoms with Crippen molar-refractivity contribution in [1.29, 1.82) is 0 Å². The van der Waals surface area contributed by atoms with Crippen molar-refractivity contribution in [3.05, 3.63) is 29.8 Å². The molecule has 1 aliphatic rings. The third-order valence-electron chi connectivity index (χ3n) is 4.37. The summed E-state index contributed by atoms with van der Waals surface area (Å²) in [7, 11) is -3.89. The number of esters is 1. The van der Waals surface area contributed by atoms with Crippen LogP contribution in [0.25, 0.3) is 0 Å². The van der Waals surface area contributed by atoms with Crippen LogP contribution in [-0.4, -0.2) is 43.6 Å². The summed E-state index contributed by atoms with van der Waals surface area (Å²) in [5, 5.41) is 0. The van der Waals surface area contributed by atoms with Crippen molar-refractivity contribution >= 4 is 16.0 Å². The molecule has 0 aromatic heterocycles. The Bertz CT molecular complexity index is 731. The fourth-order valence-corrected chi connectivity index (χ4v) is 4.76. The van der Waals surface area contributed by atoms with E-state index in [9.17, 15) is 26.4 Å². The molecule has 1 saturated heterocycles. The predicted octanol–water partition coefficient (Wildman–Crippen LogP) is 3.42. The Labute approximate surface area is 151 Å². The highest BCUT2D eigenvalue weighted by molar-refractivity contribution is 7.89. The number of piperidine rings is 1. The molecule has 9 heteroatoms. The molecule has 1 aromatic rings. The maximum atomic E-state index is 13.0. The van der Waals surface area contributed by atoms with Crippen LogP contribution >= 0.6 is 0 Å². The number of sulfonamides is 1. The van der Waals surface area contributed by atoms with Crippen molar-refractivity contribution in [3.8, 4) is 0 Å². The van der Waals surface area contributed by atoms with Crippen LogP contribution < -0.4 is 0 Å².